The molecule has 0 spiro atoms. The normalized spacial score (nSPS) is 16.1. The molecule has 1 heterocycles. The largest absolute Gasteiger partial charge is 0.314 e. The van der Waals surface area contributed by atoms with Crippen LogP contribution in [0.4, 0.5) is 4.39 Å². The van der Waals surface area contributed by atoms with E-state index in [0.717, 1.165) is 19.1 Å². The van der Waals surface area contributed by atoms with Crippen LogP contribution < -0.4 is 5.32 Å². The van der Waals surface area contributed by atoms with Gasteiger partial charge >= 0.3 is 0 Å². The molecule has 1 N–H and O–H groups in total. The zero-order valence-corrected chi connectivity index (χ0v) is 14.8. The number of benzene rings is 1. The topological polar surface area (TPSA) is 15.3 Å². The molecule has 0 radical (unpaired) electrons. The van der Waals surface area contributed by atoms with Crippen LogP contribution in [0.5, 0.6) is 0 Å². The van der Waals surface area contributed by atoms with Crippen LogP contribution in [-0.4, -0.2) is 45.3 Å². The Labute approximate surface area is 135 Å². The lowest BCUT2D eigenvalue weighted by atomic mass is 10.2. The molecule has 20 heavy (non-hydrogen) atoms. The molecular formula is C14H25Cl2FN2Si. The van der Waals surface area contributed by atoms with Gasteiger partial charge in [0.1, 0.15) is 5.82 Å². The first-order valence-corrected chi connectivity index (χ1v) is 10.1. The summed E-state index contributed by atoms with van der Waals surface area (Å²) in [4.78, 5) is 2.58. The number of rotatable bonds is 4. The molecule has 0 unspecified atom stereocenters. The Morgan fingerprint density at radius 3 is 2.20 bits per heavy atom. The summed E-state index contributed by atoms with van der Waals surface area (Å²) in [5.74, 6) is -0.139. The highest BCUT2D eigenvalue weighted by molar-refractivity contribution is 6.77. The number of nitrogens with zero attached hydrogens (tertiary/aromatic N) is 1. The second-order valence-corrected chi connectivity index (χ2v) is 11.0. The standard InChI is InChI=1S/C14H23FN2Si.2ClH/c1-18(2,12-17-9-7-16-8-10-17)11-13-3-5-14(15)6-4-13;;/h3-6,16H,7-12H2,1-2H3;2*1H. The minimum Gasteiger partial charge on any atom is -0.314 e. The van der Waals surface area contributed by atoms with E-state index >= 15 is 0 Å². The Kier molecular flexibility index (Phi) is 8.94. The maximum Gasteiger partial charge on any atom is 0.123 e. The van der Waals surface area contributed by atoms with E-state index in [-0.39, 0.29) is 30.6 Å². The molecule has 2 nitrogen and oxygen atoms in total. The molecule has 116 valence electrons. The van der Waals surface area contributed by atoms with Crippen LogP contribution in [0, 0.1) is 5.82 Å². The van der Waals surface area contributed by atoms with Crippen LogP contribution >= 0.6 is 24.8 Å². The van der Waals surface area contributed by atoms with Gasteiger partial charge in [0.2, 0.25) is 0 Å². The van der Waals surface area contributed by atoms with Crippen LogP contribution in [0.3, 0.4) is 0 Å². The van der Waals surface area contributed by atoms with Crippen molar-refractivity contribution in [3.8, 4) is 0 Å². The van der Waals surface area contributed by atoms with Gasteiger partial charge in [-0.2, -0.15) is 0 Å². The molecule has 0 aliphatic carbocycles. The van der Waals surface area contributed by atoms with Gasteiger partial charge in [0.25, 0.3) is 0 Å². The van der Waals surface area contributed by atoms with Crippen molar-refractivity contribution in [2.75, 3.05) is 32.3 Å². The molecule has 6 heteroatoms. The maximum atomic E-state index is 12.9. The first-order chi connectivity index (χ1) is 8.55. The molecule has 2 rings (SSSR count). The third kappa shape index (κ3) is 6.55. The molecular weight excluding hydrogens is 314 g/mol. The first-order valence-electron chi connectivity index (χ1n) is 6.73. The predicted molar refractivity (Wildman–Crippen MR) is 91.4 cm³/mol. The van der Waals surface area contributed by atoms with Gasteiger partial charge in [0.15, 0.2) is 0 Å². The lowest BCUT2D eigenvalue weighted by molar-refractivity contribution is 0.272. The Hall–Kier alpha value is -0.133. The highest BCUT2D eigenvalue weighted by Crippen LogP contribution is 2.14. The fraction of sp³-hybridized carbons (Fsp3) is 0.571. The molecule has 0 bridgehead atoms. The van der Waals surface area contributed by atoms with Gasteiger partial charge in [-0.15, -0.1) is 24.8 Å². The molecule has 0 saturated carbocycles. The van der Waals surface area contributed by atoms with E-state index in [1.54, 1.807) is 12.1 Å². The smallest absolute Gasteiger partial charge is 0.123 e. The zero-order chi connectivity index (χ0) is 13.0. The molecule has 0 amide bonds. The van der Waals surface area contributed by atoms with Crippen molar-refractivity contribution in [2.24, 2.45) is 0 Å². The van der Waals surface area contributed by atoms with Gasteiger partial charge in [0, 0.05) is 26.2 Å². The summed E-state index contributed by atoms with van der Waals surface area (Å²) >= 11 is 0. The molecule has 1 aliphatic heterocycles. The summed E-state index contributed by atoms with van der Waals surface area (Å²) in [6.07, 6.45) is 1.24. The van der Waals surface area contributed by atoms with Crippen molar-refractivity contribution in [1.29, 1.82) is 0 Å². The molecule has 1 aromatic rings. The highest BCUT2D eigenvalue weighted by Gasteiger charge is 2.25. The van der Waals surface area contributed by atoms with Crippen molar-refractivity contribution in [3.05, 3.63) is 35.6 Å². The monoisotopic (exact) mass is 338 g/mol. The number of hydrogen-bond acceptors (Lipinski definition) is 2. The second-order valence-electron chi connectivity index (χ2n) is 5.99. The van der Waals surface area contributed by atoms with Crippen LogP contribution in [0.2, 0.25) is 13.1 Å². The summed E-state index contributed by atoms with van der Waals surface area (Å²) in [7, 11) is -1.27. The molecule has 0 aromatic heterocycles. The molecule has 1 saturated heterocycles. The average Bonchev–Trinajstić information content (AvgIpc) is 2.32. The minimum atomic E-state index is -1.27. The Morgan fingerprint density at radius 1 is 1.10 bits per heavy atom. The fourth-order valence-corrected chi connectivity index (χ4v) is 5.66. The zero-order valence-electron chi connectivity index (χ0n) is 12.2. The lowest BCUT2D eigenvalue weighted by Crippen LogP contribution is -2.51. The van der Waals surface area contributed by atoms with Crippen LogP contribution in [0.1, 0.15) is 5.56 Å². The Morgan fingerprint density at radius 2 is 1.65 bits per heavy atom. The van der Waals surface area contributed by atoms with Crippen LogP contribution in [0.15, 0.2) is 24.3 Å². The van der Waals surface area contributed by atoms with Crippen molar-refractivity contribution in [1.82, 2.24) is 10.2 Å². The van der Waals surface area contributed by atoms with Gasteiger partial charge < -0.3 is 10.2 Å². The number of nitrogens with one attached hydrogen (secondary N) is 1. The van der Waals surface area contributed by atoms with Gasteiger partial charge in [-0.25, -0.2) is 4.39 Å². The first kappa shape index (κ1) is 19.9. The molecule has 0 atom stereocenters. The van der Waals surface area contributed by atoms with E-state index in [1.165, 1.54) is 24.8 Å². The average molecular weight is 339 g/mol. The Balaban J connectivity index is 0.00000180. The number of hydrogen-bond donors (Lipinski definition) is 1. The van der Waals surface area contributed by atoms with Gasteiger partial charge in [0.05, 0.1) is 8.07 Å². The predicted octanol–water partition coefficient (Wildman–Crippen LogP) is 2.90. The Bertz CT molecular complexity index is 381. The molecule has 1 fully saturated rings. The second kappa shape index (κ2) is 9.00. The van der Waals surface area contributed by atoms with E-state index in [2.05, 4.69) is 23.3 Å². The van der Waals surface area contributed by atoms with E-state index in [0.29, 0.717) is 0 Å². The number of piperazine rings is 1. The summed E-state index contributed by atoms with van der Waals surface area (Å²) < 4.78 is 12.9. The van der Waals surface area contributed by atoms with Crippen LogP contribution in [-0.2, 0) is 6.04 Å². The third-order valence-electron chi connectivity index (χ3n) is 3.46. The lowest BCUT2D eigenvalue weighted by Gasteiger charge is -2.34. The van der Waals surface area contributed by atoms with E-state index < -0.39 is 8.07 Å². The van der Waals surface area contributed by atoms with Crippen LogP contribution in [0.25, 0.3) is 0 Å². The minimum absolute atomic E-state index is 0. The summed E-state index contributed by atoms with van der Waals surface area (Å²) in [5.41, 5.74) is 1.28. The summed E-state index contributed by atoms with van der Waals surface area (Å²) in [6, 6.07) is 8.15. The summed E-state index contributed by atoms with van der Waals surface area (Å²) in [5, 5.41) is 3.39. The number of halogens is 3. The van der Waals surface area contributed by atoms with E-state index in [9.17, 15) is 4.39 Å². The van der Waals surface area contributed by atoms with Crippen molar-refractivity contribution in [3.63, 3.8) is 0 Å². The van der Waals surface area contributed by atoms with Crippen molar-refractivity contribution >= 4 is 32.9 Å². The fourth-order valence-electron chi connectivity index (χ4n) is 2.69. The van der Waals surface area contributed by atoms with Gasteiger partial charge in [-0.1, -0.05) is 30.8 Å². The van der Waals surface area contributed by atoms with Crippen molar-refractivity contribution in [2.45, 2.75) is 19.1 Å². The van der Waals surface area contributed by atoms with Gasteiger partial charge in [-0.05, 0) is 24.3 Å². The maximum absolute atomic E-state index is 12.9. The highest BCUT2D eigenvalue weighted by atomic mass is 35.5. The molecule has 1 aromatic carbocycles. The quantitative estimate of drug-likeness (QED) is 0.849. The summed E-state index contributed by atoms with van der Waals surface area (Å²) in [6.45, 7) is 9.42. The van der Waals surface area contributed by atoms with Crippen molar-refractivity contribution < 1.29 is 4.39 Å². The third-order valence-corrected chi connectivity index (χ3v) is 6.13. The molecule has 1 aliphatic rings. The SMILES string of the molecule is C[Si](C)(Cc1ccc(F)cc1)CN1CCNCC1.Cl.Cl. The van der Waals surface area contributed by atoms with Gasteiger partial charge in [-0.3, -0.25) is 0 Å². The van der Waals surface area contributed by atoms with E-state index in [4.69, 9.17) is 0 Å². The van der Waals surface area contributed by atoms with E-state index in [1.807, 2.05) is 12.1 Å².